The summed E-state index contributed by atoms with van der Waals surface area (Å²) in [5.74, 6) is 0. The van der Waals surface area contributed by atoms with E-state index < -0.39 is 26.1 Å². The molecule has 4 N–H and O–H groups in total. The van der Waals surface area contributed by atoms with Crippen molar-refractivity contribution in [2.75, 3.05) is 20.1 Å². The number of sulfonamides is 2. The zero-order chi connectivity index (χ0) is 18.1. The molecule has 24 heavy (non-hydrogen) atoms. The third-order valence-corrected chi connectivity index (χ3v) is 6.82. The highest BCUT2D eigenvalue weighted by Gasteiger charge is 2.34. The number of hydrogen-bond donors (Lipinski definition) is 3. The predicted octanol–water partition coefficient (Wildman–Crippen LogP) is -0.321. The number of amides is 2. The normalized spacial score (nSPS) is 19.2. The summed E-state index contributed by atoms with van der Waals surface area (Å²) in [4.78, 5) is 10.6. The Hall–Kier alpha value is -1.40. The van der Waals surface area contributed by atoms with E-state index in [0.717, 1.165) is 16.4 Å². The zero-order valence-electron chi connectivity index (χ0n) is 12.7. The van der Waals surface area contributed by atoms with E-state index in [9.17, 15) is 21.6 Å². The van der Waals surface area contributed by atoms with Gasteiger partial charge in [0.15, 0.2) is 0 Å². The molecule has 1 fully saturated rings. The molecule has 2 rings (SSSR count). The van der Waals surface area contributed by atoms with Crippen LogP contribution >= 0.6 is 11.6 Å². The van der Waals surface area contributed by atoms with Gasteiger partial charge in [0, 0.05) is 26.2 Å². The van der Waals surface area contributed by atoms with Gasteiger partial charge in [-0.3, -0.25) is 0 Å². The molecule has 0 aliphatic carbocycles. The molecule has 1 aliphatic heterocycles. The maximum atomic E-state index is 12.7. The number of benzene rings is 1. The Labute approximate surface area is 145 Å². The van der Waals surface area contributed by atoms with Crippen molar-refractivity contribution in [1.82, 2.24) is 14.9 Å². The number of rotatable bonds is 4. The number of nitrogens with one attached hydrogen (secondary N) is 2. The maximum Gasteiger partial charge on any atom is 0.314 e. The second-order valence-electron chi connectivity index (χ2n) is 5.21. The van der Waals surface area contributed by atoms with E-state index in [2.05, 4.69) is 10.6 Å². The number of primary sulfonamides is 1. The average Bonchev–Trinajstić information content (AvgIpc) is 2.95. The molecule has 0 aromatic heterocycles. The van der Waals surface area contributed by atoms with Crippen LogP contribution in [0.25, 0.3) is 0 Å². The maximum absolute atomic E-state index is 12.7. The summed E-state index contributed by atoms with van der Waals surface area (Å²) in [5, 5.41) is 9.94. The zero-order valence-corrected chi connectivity index (χ0v) is 15.1. The fraction of sp³-hybridized carbons (Fsp3) is 0.417. The quantitative estimate of drug-likeness (QED) is 0.640. The molecular formula is C12H17ClN4O5S2. The average molecular weight is 397 g/mol. The van der Waals surface area contributed by atoms with Crippen molar-refractivity contribution in [3.8, 4) is 0 Å². The Morgan fingerprint density at radius 1 is 1.33 bits per heavy atom. The monoisotopic (exact) mass is 396 g/mol. The summed E-state index contributed by atoms with van der Waals surface area (Å²) < 4.78 is 49.4. The van der Waals surface area contributed by atoms with Gasteiger partial charge in [-0.25, -0.2) is 26.8 Å². The first-order valence-electron chi connectivity index (χ1n) is 6.86. The van der Waals surface area contributed by atoms with Crippen LogP contribution in [0.3, 0.4) is 0 Å². The van der Waals surface area contributed by atoms with Crippen molar-refractivity contribution in [2.24, 2.45) is 5.14 Å². The molecule has 1 atom stereocenters. The van der Waals surface area contributed by atoms with Crippen molar-refractivity contribution in [2.45, 2.75) is 22.3 Å². The Kier molecular flexibility index (Phi) is 5.40. The number of hydrogen-bond acceptors (Lipinski definition) is 5. The highest BCUT2D eigenvalue weighted by atomic mass is 35.5. The second kappa shape index (κ2) is 6.84. The molecule has 0 bridgehead atoms. The fourth-order valence-electron chi connectivity index (χ4n) is 2.32. The lowest BCUT2D eigenvalue weighted by Crippen LogP contribution is -2.42. The number of nitrogens with zero attached hydrogens (tertiary/aromatic N) is 1. The molecule has 2 amide bonds. The molecule has 0 radical (unpaired) electrons. The van der Waals surface area contributed by atoms with Crippen molar-refractivity contribution in [1.29, 1.82) is 0 Å². The lowest BCUT2D eigenvalue weighted by atomic mass is 10.3. The highest BCUT2D eigenvalue weighted by molar-refractivity contribution is 7.90. The van der Waals surface area contributed by atoms with E-state index in [-0.39, 0.29) is 33.9 Å². The lowest BCUT2D eigenvalue weighted by Gasteiger charge is -2.18. The van der Waals surface area contributed by atoms with Gasteiger partial charge in [-0.2, -0.15) is 4.31 Å². The van der Waals surface area contributed by atoms with Crippen molar-refractivity contribution in [3.63, 3.8) is 0 Å². The summed E-state index contributed by atoms with van der Waals surface area (Å²) in [6.07, 6.45) is 0.430. The van der Waals surface area contributed by atoms with E-state index in [1.165, 1.54) is 13.1 Å². The Bertz CT molecular complexity index is 856. The molecule has 134 valence electrons. The Balaban J connectivity index is 2.30. The van der Waals surface area contributed by atoms with Gasteiger partial charge >= 0.3 is 6.03 Å². The van der Waals surface area contributed by atoms with Crippen LogP contribution in [0.1, 0.15) is 6.42 Å². The first kappa shape index (κ1) is 18.9. The fourth-order valence-corrected chi connectivity index (χ4v) is 4.93. The number of halogens is 1. The van der Waals surface area contributed by atoms with E-state index in [1.807, 2.05) is 0 Å². The van der Waals surface area contributed by atoms with Crippen LogP contribution < -0.4 is 15.8 Å². The van der Waals surface area contributed by atoms with Gasteiger partial charge in [-0.05, 0) is 24.6 Å². The van der Waals surface area contributed by atoms with Gasteiger partial charge in [0.25, 0.3) is 0 Å². The van der Waals surface area contributed by atoms with Crippen LogP contribution in [0, 0.1) is 0 Å². The van der Waals surface area contributed by atoms with Crippen LogP contribution in [-0.2, 0) is 20.0 Å². The lowest BCUT2D eigenvalue weighted by molar-refractivity contribution is 0.239. The molecule has 1 heterocycles. The van der Waals surface area contributed by atoms with Gasteiger partial charge in [0.2, 0.25) is 20.0 Å². The van der Waals surface area contributed by atoms with E-state index in [1.54, 1.807) is 0 Å². The highest BCUT2D eigenvalue weighted by Crippen LogP contribution is 2.29. The first-order chi connectivity index (χ1) is 11.1. The minimum atomic E-state index is -4.06. The molecule has 12 heteroatoms. The molecule has 1 aromatic carbocycles. The van der Waals surface area contributed by atoms with Gasteiger partial charge in [0.1, 0.15) is 4.90 Å². The summed E-state index contributed by atoms with van der Waals surface area (Å²) >= 11 is 5.93. The molecule has 0 spiro atoms. The Morgan fingerprint density at radius 3 is 2.58 bits per heavy atom. The Morgan fingerprint density at radius 2 is 2.00 bits per heavy atom. The standard InChI is InChI=1S/C12H17ClN4O5S2/c1-15-12(18)16-8-4-5-17(7-8)24(21,22)11-6-9(23(14,19)20)2-3-10(11)13/h2-3,6,8H,4-5,7H2,1H3,(H2,14,19,20)(H2,15,16,18). The van der Waals surface area contributed by atoms with Crippen LogP contribution in [0.2, 0.25) is 5.02 Å². The van der Waals surface area contributed by atoms with E-state index in [4.69, 9.17) is 16.7 Å². The molecule has 0 saturated carbocycles. The smallest absolute Gasteiger partial charge is 0.314 e. The molecule has 1 unspecified atom stereocenters. The number of urea groups is 1. The largest absolute Gasteiger partial charge is 0.341 e. The van der Waals surface area contributed by atoms with E-state index in [0.29, 0.717) is 6.42 Å². The summed E-state index contributed by atoms with van der Waals surface area (Å²) in [5.41, 5.74) is 0. The molecular weight excluding hydrogens is 380 g/mol. The summed E-state index contributed by atoms with van der Waals surface area (Å²) in [6, 6.07) is 2.49. The van der Waals surface area contributed by atoms with Crippen LogP contribution in [0.5, 0.6) is 0 Å². The minimum absolute atomic E-state index is 0.0612. The molecule has 1 aliphatic rings. The second-order valence-corrected chi connectivity index (χ2v) is 9.08. The van der Waals surface area contributed by atoms with Gasteiger partial charge < -0.3 is 10.6 Å². The van der Waals surface area contributed by atoms with Crippen molar-refractivity contribution in [3.05, 3.63) is 23.2 Å². The minimum Gasteiger partial charge on any atom is -0.341 e. The number of nitrogens with two attached hydrogens (primary N) is 1. The number of carbonyl (C=O) groups is 1. The summed E-state index contributed by atoms with van der Waals surface area (Å²) in [7, 11) is -6.63. The van der Waals surface area contributed by atoms with Crippen LogP contribution in [-0.4, -0.2) is 53.4 Å². The predicted molar refractivity (Wildman–Crippen MR) is 87.6 cm³/mol. The molecule has 9 nitrogen and oxygen atoms in total. The first-order valence-corrected chi connectivity index (χ1v) is 10.2. The third-order valence-electron chi connectivity index (χ3n) is 3.56. The molecule has 1 saturated heterocycles. The van der Waals surface area contributed by atoms with Crippen LogP contribution in [0.4, 0.5) is 4.79 Å². The SMILES string of the molecule is CNC(=O)NC1CCN(S(=O)(=O)c2cc(S(N)(=O)=O)ccc2Cl)C1. The van der Waals surface area contributed by atoms with Crippen LogP contribution in [0.15, 0.2) is 28.0 Å². The summed E-state index contributed by atoms with van der Waals surface area (Å²) in [6.45, 7) is 0.235. The van der Waals surface area contributed by atoms with E-state index >= 15 is 0 Å². The molecule has 1 aromatic rings. The van der Waals surface area contributed by atoms with Gasteiger partial charge in [-0.1, -0.05) is 11.6 Å². The third kappa shape index (κ3) is 3.98. The van der Waals surface area contributed by atoms with Gasteiger partial charge in [0.05, 0.1) is 9.92 Å². The number of carbonyl (C=O) groups excluding carboxylic acids is 1. The topological polar surface area (TPSA) is 139 Å². The van der Waals surface area contributed by atoms with Gasteiger partial charge in [-0.15, -0.1) is 0 Å². The van der Waals surface area contributed by atoms with Crippen molar-refractivity contribution < 1.29 is 21.6 Å². The van der Waals surface area contributed by atoms with Crippen molar-refractivity contribution >= 4 is 37.7 Å².